The summed E-state index contributed by atoms with van der Waals surface area (Å²) in [5.41, 5.74) is 10.0. The van der Waals surface area contributed by atoms with Crippen LogP contribution in [0.25, 0.3) is 16.5 Å². The molecular weight excluding hydrogens is 290 g/mol. The fourth-order valence-corrected chi connectivity index (χ4v) is 2.64. The number of benzene rings is 1. The van der Waals surface area contributed by atoms with E-state index in [-0.39, 0.29) is 0 Å². The van der Waals surface area contributed by atoms with Crippen molar-refractivity contribution >= 4 is 34.2 Å². The third-order valence-corrected chi connectivity index (χ3v) is 3.76. The van der Waals surface area contributed by atoms with Gasteiger partial charge in [-0.1, -0.05) is 12.1 Å². The average molecular weight is 305 g/mol. The maximum atomic E-state index is 5.95. The number of aromatic nitrogens is 2. The van der Waals surface area contributed by atoms with Gasteiger partial charge in [0.15, 0.2) is 0 Å². The molecule has 1 aliphatic heterocycles. The number of allylic oxidation sites excluding steroid dienone is 1. The molecule has 4 rings (SSSR count). The van der Waals surface area contributed by atoms with Crippen LogP contribution in [-0.4, -0.2) is 22.7 Å². The number of hydrogen-bond donors (Lipinski definition) is 2. The van der Waals surface area contributed by atoms with Crippen LogP contribution in [0.5, 0.6) is 0 Å². The lowest BCUT2D eigenvalue weighted by atomic mass is 10.0. The Labute approximate surface area is 132 Å². The number of oxazole rings is 1. The van der Waals surface area contributed by atoms with E-state index < -0.39 is 0 Å². The van der Waals surface area contributed by atoms with Gasteiger partial charge in [-0.3, -0.25) is 4.99 Å². The number of nitrogens with two attached hydrogens (primary N) is 1. The molecule has 1 aliphatic rings. The summed E-state index contributed by atoms with van der Waals surface area (Å²) in [6, 6.07) is 8.00. The number of fused-ring (bicyclic) bond motifs is 1. The van der Waals surface area contributed by atoms with Gasteiger partial charge in [-0.05, 0) is 23.3 Å². The zero-order chi connectivity index (χ0) is 15.6. The second-order valence-corrected chi connectivity index (χ2v) is 5.29. The molecule has 0 radical (unpaired) electrons. The first-order chi connectivity index (χ1) is 11.3. The van der Waals surface area contributed by atoms with Crippen LogP contribution < -0.4 is 11.1 Å². The molecule has 23 heavy (non-hydrogen) atoms. The Kier molecular flexibility index (Phi) is 3.27. The summed E-state index contributed by atoms with van der Waals surface area (Å²) in [6.07, 6.45) is 7.03. The molecule has 6 nitrogen and oxygen atoms in total. The Morgan fingerprint density at radius 2 is 2.22 bits per heavy atom. The van der Waals surface area contributed by atoms with Crippen LogP contribution >= 0.6 is 0 Å². The highest BCUT2D eigenvalue weighted by Crippen LogP contribution is 2.28. The van der Waals surface area contributed by atoms with Crippen LogP contribution in [0.3, 0.4) is 0 Å². The summed E-state index contributed by atoms with van der Waals surface area (Å²) in [7, 11) is 0. The van der Waals surface area contributed by atoms with Gasteiger partial charge in [0.2, 0.25) is 5.89 Å². The van der Waals surface area contributed by atoms with Gasteiger partial charge in [-0.15, -0.1) is 0 Å². The van der Waals surface area contributed by atoms with Crippen molar-refractivity contribution in [3.8, 4) is 0 Å². The van der Waals surface area contributed by atoms with Crippen molar-refractivity contribution in [3.05, 3.63) is 54.3 Å². The van der Waals surface area contributed by atoms with E-state index in [1.54, 1.807) is 12.5 Å². The molecule has 0 bridgehead atoms. The molecular formula is C17H15N5O. The molecule has 0 unspecified atom stereocenters. The third kappa shape index (κ3) is 2.66. The number of nitrogen functional groups attached to an aromatic ring is 1. The normalized spacial score (nSPS) is 13.5. The quantitative estimate of drug-likeness (QED) is 0.773. The smallest absolute Gasteiger partial charge is 0.213 e. The fourth-order valence-electron chi connectivity index (χ4n) is 2.64. The summed E-state index contributed by atoms with van der Waals surface area (Å²) in [4.78, 5) is 12.8. The summed E-state index contributed by atoms with van der Waals surface area (Å²) in [5, 5.41) is 4.31. The van der Waals surface area contributed by atoms with Gasteiger partial charge in [-0.2, -0.15) is 0 Å². The molecule has 0 saturated carbocycles. The lowest BCUT2D eigenvalue weighted by molar-refractivity contribution is 0.504. The van der Waals surface area contributed by atoms with Crippen molar-refractivity contribution in [1.29, 1.82) is 0 Å². The van der Waals surface area contributed by atoms with Crippen LogP contribution in [-0.2, 0) is 6.54 Å². The monoisotopic (exact) mass is 305 g/mol. The molecule has 3 heterocycles. The Morgan fingerprint density at radius 3 is 3.00 bits per heavy atom. The maximum absolute atomic E-state index is 5.95. The molecule has 0 fully saturated rings. The number of nitrogens with zero attached hydrogens (tertiary/aromatic N) is 3. The van der Waals surface area contributed by atoms with Crippen molar-refractivity contribution < 1.29 is 4.42 Å². The van der Waals surface area contributed by atoms with Gasteiger partial charge in [0.25, 0.3) is 0 Å². The molecule has 0 atom stereocenters. The molecule has 0 aliphatic carbocycles. The third-order valence-electron chi connectivity index (χ3n) is 3.76. The second kappa shape index (κ2) is 5.57. The van der Waals surface area contributed by atoms with E-state index >= 15 is 0 Å². The summed E-state index contributed by atoms with van der Waals surface area (Å²) >= 11 is 0. The predicted molar refractivity (Wildman–Crippen MR) is 91.3 cm³/mol. The van der Waals surface area contributed by atoms with Gasteiger partial charge in [-0.25, -0.2) is 9.97 Å². The molecule has 3 N–H and O–H groups in total. The van der Waals surface area contributed by atoms with Gasteiger partial charge in [0.1, 0.15) is 12.1 Å². The number of hydrogen-bond acceptors (Lipinski definition) is 6. The number of rotatable bonds is 4. The van der Waals surface area contributed by atoms with E-state index in [1.807, 2.05) is 30.5 Å². The molecule has 3 aromatic rings. The largest absolute Gasteiger partial charge is 0.447 e. The first-order valence-corrected chi connectivity index (χ1v) is 7.31. The van der Waals surface area contributed by atoms with Crippen molar-refractivity contribution in [2.24, 2.45) is 4.99 Å². The predicted octanol–water partition coefficient (Wildman–Crippen LogP) is 2.88. The number of aliphatic imine (C=N–C) groups is 1. The molecule has 0 spiro atoms. The maximum Gasteiger partial charge on any atom is 0.213 e. The molecule has 0 amide bonds. The van der Waals surface area contributed by atoms with E-state index in [0.29, 0.717) is 24.8 Å². The standard InChI is InChI=1S/C17H15N5O/c18-16-8-14(21-10-17-20-5-6-23-17)13-2-1-11(7-15(13)22-16)12-3-4-19-9-12/h1-8H,9-10H2,(H3,18,21,22). The highest BCUT2D eigenvalue weighted by atomic mass is 16.3. The minimum Gasteiger partial charge on any atom is -0.447 e. The van der Waals surface area contributed by atoms with Crippen molar-refractivity contribution in [3.63, 3.8) is 0 Å². The molecule has 114 valence electrons. The SMILES string of the molecule is Nc1cc(NCc2ncco2)c2ccc(C3=CC=NC3)cc2n1. The zero-order valence-corrected chi connectivity index (χ0v) is 12.4. The Hall–Kier alpha value is -3.15. The highest BCUT2D eigenvalue weighted by molar-refractivity contribution is 5.96. The van der Waals surface area contributed by atoms with Crippen molar-refractivity contribution in [2.75, 3.05) is 17.6 Å². The Balaban J connectivity index is 1.70. The van der Waals surface area contributed by atoms with Crippen molar-refractivity contribution in [2.45, 2.75) is 6.54 Å². The molecule has 2 aromatic heterocycles. The topological polar surface area (TPSA) is 89.3 Å². The number of nitrogens with one attached hydrogen (secondary N) is 1. The molecule has 6 heteroatoms. The molecule has 0 saturated heterocycles. The van der Waals surface area contributed by atoms with E-state index in [0.717, 1.165) is 22.2 Å². The fraction of sp³-hybridized carbons (Fsp3) is 0.118. The number of pyridine rings is 1. The van der Waals surface area contributed by atoms with Gasteiger partial charge in [0.05, 0.1) is 24.8 Å². The van der Waals surface area contributed by atoms with E-state index in [1.165, 1.54) is 5.57 Å². The number of anilines is 2. The van der Waals surface area contributed by atoms with E-state index in [2.05, 4.69) is 26.3 Å². The first kappa shape index (κ1) is 13.5. The first-order valence-electron chi connectivity index (χ1n) is 7.31. The second-order valence-electron chi connectivity index (χ2n) is 5.29. The minimum absolute atomic E-state index is 0.473. The lowest BCUT2D eigenvalue weighted by Gasteiger charge is -2.11. The zero-order valence-electron chi connectivity index (χ0n) is 12.4. The van der Waals surface area contributed by atoms with Gasteiger partial charge in [0, 0.05) is 23.4 Å². The van der Waals surface area contributed by atoms with Crippen molar-refractivity contribution in [1.82, 2.24) is 9.97 Å². The van der Waals surface area contributed by atoms with Crippen LogP contribution in [0.15, 0.2) is 52.2 Å². The summed E-state index contributed by atoms with van der Waals surface area (Å²) in [6.45, 7) is 1.20. The Bertz CT molecular complexity index is 912. The van der Waals surface area contributed by atoms with E-state index in [9.17, 15) is 0 Å². The van der Waals surface area contributed by atoms with E-state index in [4.69, 9.17) is 10.2 Å². The molecule has 1 aromatic carbocycles. The summed E-state index contributed by atoms with van der Waals surface area (Å²) in [5.74, 6) is 1.10. The minimum atomic E-state index is 0.473. The van der Waals surface area contributed by atoms with Crippen LogP contribution in [0.1, 0.15) is 11.5 Å². The van der Waals surface area contributed by atoms with Gasteiger partial charge < -0.3 is 15.5 Å². The van der Waals surface area contributed by atoms with Gasteiger partial charge >= 0.3 is 0 Å². The Morgan fingerprint density at radius 1 is 1.26 bits per heavy atom. The lowest BCUT2D eigenvalue weighted by Crippen LogP contribution is -2.02. The van der Waals surface area contributed by atoms with Crippen LogP contribution in [0.2, 0.25) is 0 Å². The average Bonchev–Trinajstić information content (AvgIpc) is 3.25. The highest BCUT2D eigenvalue weighted by Gasteiger charge is 2.09. The summed E-state index contributed by atoms with van der Waals surface area (Å²) < 4.78 is 5.24. The van der Waals surface area contributed by atoms with Crippen LogP contribution in [0, 0.1) is 0 Å². The van der Waals surface area contributed by atoms with Crippen LogP contribution in [0.4, 0.5) is 11.5 Å².